The number of anilines is 2. The molecule has 0 fully saturated rings. The van der Waals surface area contributed by atoms with Crippen LogP contribution in [0.25, 0.3) is 0 Å². The fourth-order valence-electron chi connectivity index (χ4n) is 2.23. The van der Waals surface area contributed by atoms with Crippen molar-refractivity contribution in [2.75, 3.05) is 10.6 Å². The molecular weight excluding hydrogens is 395 g/mol. The van der Waals surface area contributed by atoms with Crippen LogP contribution in [0.2, 0.25) is 0 Å². The number of carbonyl (C=O) groups is 3. The van der Waals surface area contributed by atoms with Gasteiger partial charge in [0.25, 0.3) is 5.91 Å². The molecule has 2 N–H and O–H groups in total. The molecule has 1 aromatic heterocycles. The first-order valence-corrected chi connectivity index (χ1v) is 9.90. The Balaban J connectivity index is 2.02. The van der Waals surface area contributed by atoms with Gasteiger partial charge < -0.3 is 15.4 Å². The third-order valence-electron chi connectivity index (χ3n) is 4.11. The minimum absolute atomic E-state index is 0.170. The van der Waals surface area contributed by atoms with Gasteiger partial charge in [0.1, 0.15) is 10.7 Å². The Bertz CT molecular complexity index is 947. The maximum Gasteiger partial charge on any atom is 0.349 e. The minimum Gasteiger partial charge on any atom is -0.448 e. The van der Waals surface area contributed by atoms with E-state index in [-0.39, 0.29) is 11.6 Å². The Morgan fingerprint density at radius 3 is 2.31 bits per heavy atom. The van der Waals surface area contributed by atoms with E-state index in [0.29, 0.717) is 21.0 Å². The van der Waals surface area contributed by atoms with Crippen molar-refractivity contribution in [2.24, 2.45) is 5.41 Å². The number of rotatable bonds is 5. The summed E-state index contributed by atoms with van der Waals surface area (Å²) < 4.78 is 18.9. The first-order valence-electron chi connectivity index (χ1n) is 9.08. The molecule has 1 unspecified atom stereocenters. The van der Waals surface area contributed by atoms with Gasteiger partial charge in [0.05, 0.1) is 5.00 Å². The standard InChI is InChI=1S/C21H25FN2O4S/c1-11-7-8-14(10-15(11)22)23-18(25)13(3)28-19(26)17-12(2)9-16(29-17)24-20(27)21(4,5)6/h7-10,13H,1-6H3,(H,23,25)(H,24,27). The molecule has 156 valence electrons. The van der Waals surface area contributed by atoms with E-state index >= 15 is 0 Å². The topological polar surface area (TPSA) is 84.5 Å². The summed E-state index contributed by atoms with van der Waals surface area (Å²) in [5.74, 6) is -1.85. The van der Waals surface area contributed by atoms with Gasteiger partial charge in [0.2, 0.25) is 5.91 Å². The van der Waals surface area contributed by atoms with Crippen LogP contribution in [-0.2, 0) is 14.3 Å². The predicted octanol–water partition coefficient (Wildman–Crippen LogP) is 4.67. The van der Waals surface area contributed by atoms with Crippen LogP contribution >= 0.6 is 11.3 Å². The number of halogens is 1. The highest BCUT2D eigenvalue weighted by Gasteiger charge is 2.25. The predicted molar refractivity (Wildman–Crippen MR) is 112 cm³/mol. The fourth-order valence-corrected chi connectivity index (χ4v) is 3.18. The molecule has 29 heavy (non-hydrogen) atoms. The molecule has 1 heterocycles. The molecule has 1 aromatic carbocycles. The largest absolute Gasteiger partial charge is 0.448 e. The highest BCUT2D eigenvalue weighted by molar-refractivity contribution is 7.18. The number of benzene rings is 1. The number of amides is 2. The van der Waals surface area contributed by atoms with Gasteiger partial charge in [-0.3, -0.25) is 9.59 Å². The van der Waals surface area contributed by atoms with Crippen molar-refractivity contribution in [1.82, 2.24) is 0 Å². The molecular formula is C21H25FN2O4S. The third-order valence-corrected chi connectivity index (χ3v) is 5.25. The van der Waals surface area contributed by atoms with Crippen molar-refractivity contribution in [3.8, 4) is 0 Å². The lowest BCUT2D eigenvalue weighted by molar-refractivity contribution is -0.124. The van der Waals surface area contributed by atoms with Crippen LogP contribution in [0.5, 0.6) is 0 Å². The molecule has 2 aromatic rings. The van der Waals surface area contributed by atoms with Crippen LogP contribution in [0.3, 0.4) is 0 Å². The number of thiophene rings is 1. The van der Waals surface area contributed by atoms with E-state index < -0.39 is 29.2 Å². The quantitative estimate of drug-likeness (QED) is 0.689. The van der Waals surface area contributed by atoms with Gasteiger partial charge in [0.15, 0.2) is 6.10 Å². The second kappa shape index (κ2) is 8.73. The van der Waals surface area contributed by atoms with Gasteiger partial charge in [-0.25, -0.2) is 9.18 Å². The van der Waals surface area contributed by atoms with Crippen LogP contribution in [0.1, 0.15) is 48.5 Å². The molecule has 0 spiro atoms. The lowest BCUT2D eigenvalue weighted by Crippen LogP contribution is -2.30. The van der Waals surface area contributed by atoms with Crippen molar-refractivity contribution in [1.29, 1.82) is 0 Å². The lowest BCUT2D eigenvalue weighted by Gasteiger charge is -2.16. The SMILES string of the molecule is Cc1ccc(NC(=O)C(C)OC(=O)c2sc(NC(=O)C(C)(C)C)cc2C)cc1F. The number of carbonyl (C=O) groups excluding carboxylic acids is 3. The summed E-state index contributed by atoms with van der Waals surface area (Å²) in [5.41, 5.74) is 0.809. The van der Waals surface area contributed by atoms with Gasteiger partial charge in [-0.2, -0.15) is 0 Å². The Morgan fingerprint density at radius 1 is 1.07 bits per heavy atom. The number of esters is 1. The van der Waals surface area contributed by atoms with E-state index in [2.05, 4.69) is 10.6 Å². The van der Waals surface area contributed by atoms with Gasteiger partial charge in [-0.1, -0.05) is 26.8 Å². The van der Waals surface area contributed by atoms with Crippen molar-refractivity contribution in [3.05, 3.63) is 46.1 Å². The maximum absolute atomic E-state index is 13.6. The lowest BCUT2D eigenvalue weighted by atomic mass is 9.96. The van der Waals surface area contributed by atoms with E-state index in [0.717, 1.165) is 11.3 Å². The normalized spacial score (nSPS) is 12.2. The van der Waals surface area contributed by atoms with Gasteiger partial charge in [0, 0.05) is 11.1 Å². The Morgan fingerprint density at radius 2 is 1.72 bits per heavy atom. The number of ether oxygens (including phenoxy) is 1. The summed E-state index contributed by atoms with van der Waals surface area (Å²) in [6.07, 6.45) is -1.08. The molecule has 2 rings (SSSR count). The number of nitrogens with one attached hydrogen (secondary N) is 2. The molecule has 0 aliphatic carbocycles. The molecule has 6 nitrogen and oxygen atoms in total. The average molecular weight is 421 g/mol. The van der Waals surface area contributed by atoms with Crippen molar-refractivity contribution in [2.45, 2.75) is 47.6 Å². The first kappa shape index (κ1) is 22.5. The Labute approximate surface area is 173 Å². The first-order chi connectivity index (χ1) is 13.4. The Kier molecular flexibility index (Phi) is 6.79. The van der Waals surface area contributed by atoms with E-state index in [1.165, 1.54) is 13.0 Å². The summed E-state index contributed by atoms with van der Waals surface area (Å²) in [5, 5.41) is 5.82. The molecule has 2 amide bonds. The van der Waals surface area contributed by atoms with E-state index in [1.54, 1.807) is 52.8 Å². The summed E-state index contributed by atoms with van der Waals surface area (Å²) in [6, 6.07) is 6.00. The molecule has 0 aliphatic rings. The van der Waals surface area contributed by atoms with Crippen LogP contribution in [0.4, 0.5) is 15.1 Å². The van der Waals surface area contributed by atoms with Crippen LogP contribution in [0, 0.1) is 25.1 Å². The minimum atomic E-state index is -1.08. The van der Waals surface area contributed by atoms with Crippen LogP contribution in [0.15, 0.2) is 24.3 Å². The molecule has 1 atom stereocenters. The second-order valence-electron chi connectivity index (χ2n) is 7.83. The summed E-state index contributed by atoms with van der Waals surface area (Å²) >= 11 is 1.09. The highest BCUT2D eigenvalue weighted by atomic mass is 32.1. The summed E-state index contributed by atoms with van der Waals surface area (Å²) in [4.78, 5) is 37.1. The molecule has 0 radical (unpaired) electrons. The number of aryl methyl sites for hydroxylation is 2. The van der Waals surface area contributed by atoms with E-state index in [1.807, 2.05) is 0 Å². The maximum atomic E-state index is 13.6. The number of hydrogen-bond acceptors (Lipinski definition) is 5. The van der Waals surface area contributed by atoms with E-state index in [9.17, 15) is 18.8 Å². The fraction of sp³-hybridized carbons (Fsp3) is 0.381. The van der Waals surface area contributed by atoms with Crippen molar-refractivity contribution < 1.29 is 23.5 Å². The monoisotopic (exact) mass is 420 g/mol. The molecule has 0 saturated carbocycles. The second-order valence-corrected chi connectivity index (χ2v) is 8.88. The summed E-state index contributed by atoms with van der Waals surface area (Å²) in [7, 11) is 0. The number of hydrogen-bond donors (Lipinski definition) is 2. The zero-order chi connectivity index (χ0) is 21.9. The van der Waals surface area contributed by atoms with Crippen LogP contribution < -0.4 is 10.6 Å². The van der Waals surface area contributed by atoms with E-state index in [4.69, 9.17) is 4.74 Å². The summed E-state index contributed by atoms with van der Waals surface area (Å²) in [6.45, 7) is 10.1. The molecule has 8 heteroatoms. The molecule has 0 bridgehead atoms. The van der Waals surface area contributed by atoms with Gasteiger partial charge >= 0.3 is 5.97 Å². The zero-order valence-corrected chi connectivity index (χ0v) is 18.1. The molecule has 0 aliphatic heterocycles. The van der Waals surface area contributed by atoms with Crippen LogP contribution in [-0.4, -0.2) is 23.9 Å². The smallest absolute Gasteiger partial charge is 0.349 e. The van der Waals surface area contributed by atoms with Gasteiger partial charge in [-0.15, -0.1) is 11.3 Å². The third kappa shape index (κ3) is 5.87. The average Bonchev–Trinajstić information content (AvgIpc) is 2.97. The highest BCUT2D eigenvalue weighted by Crippen LogP contribution is 2.29. The molecule has 0 saturated heterocycles. The Hall–Kier alpha value is -2.74. The van der Waals surface area contributed by atoms with Crippen molar-refractivity contribution >= 4 is 39.8 Å². The van der Waals surface area contributed by atoms with Gasteiger partial charge in [-0.05, 0) is 50.1 Å². The zero-order valence-electron chi connectivity index (χ0n) is 17.3. The van der Waals surface area contributed by atoms with Crippen molar-refractivity contribution in [3.63, 3.8) is 0 Å².